The van der Waals surface area contributed by atoms with Gasteiger partial charge in [-0.3, -0.25) is 9.69 Å². The summed E-state index contributed by atoms with van der Waals surface area (Å²) >= 11 is 0. The molecule has 2 atom stereocenters. The highest BCUT2D eigenvalue weighted by Crippen LogP contribution is 2.29. The van der Waals surface area contributed by atoms with Crippen molar-refractivity contribution in [3.05, 3.63) is 0 Å². The Balaban J connectivity index is 2.77. The molecule has 2 heteroatoms. The molecule has 0 aliphatic carbocycles. The maximum Gasteiger partial charge on any atom is 0.155 e. The topological polar surface area (TPSA) is 20.3 Å². The van der Waals surface area contributed by atoms with Crippen LogP contribution >= 0.6 is 0 Å². The van der Waals surface area contributed by atoms with E-state index in [9.17, 15) is 4.79 Å². The SMILES string of the molecule is CC(C)C(C)N1CCC[C@@H]1C(=O)C(C)(C)C. The van der Waals surface area contributed by atoms with Crippen molar-refractivity contribution < 1.29 is 4.79 Å². The fraction of sp³-hybridized carbons (Fsp3) is 0.929. The lowest BCUT2D eigenvalue weighted by atomic mass is 9.85. The Bertz CT molecular complexity index is 252. The van der Waals surface area contributed by atoms with Gasteiger partial charge >= 0.3 is 0 Å². The number of carbonyl (C=O) groups is 1. The maximum absolute atomic E-state index is 12.4. The lowest BCUT2D eigenvalue weighted by molar-refractivity contribution is -0.131. The molecule has 0 bridgehead atoms. The Morgan fingerprint density at radius 1 is 1.25 bits per heavy atom. The van der Waals surface area contributed by atoms with Crippen LogP contribution in [0.25, 0.3) is 0 Å². The van der Waals surface area contributed by atoms with E-state index in [-0.39, 0.29) is 11.5 Å². The smallest absolute Gasteiger partial charge is 0.155 e. The molecular formula is C14H27NO. The zero-order valence-electron chi connectivity index (χ0n) is 11.7. The summed E-state index contributed by atoms with van der Waals surface area (Å²) < 4.78 is 0. The fourth-order valence-corrected chi connectivity index (χ4v) is 2.44. The first kappa shape index (κ1) is 13.7. The van der Waals surface area contributed by atoms with Gasteiger partial charge in [0, 0.05) is 11.5 Å². The quantitative estimate of drug-likeness (QED) is 0.735. The van der Waals surface area contributed by atoms with E-state index in [0.29, 0.717) is 17.7 Å². The van der Waals surface area contributed by atoms with Crippen LogP contribution in [0.1, 0.15) is 54.4 Å². The van der Waals surface area contributed by atoms with E-state index in [1.54, 1.807) is 0 Å². The predicted octanol–water partition coefficient (Wildman–Crippen LogP) is 3.11. The van der Waals surface area contributed by atoms with Gasteiger partial charge in [-0.05, 0) is 32.2 Å². The van der Waals surface area contributed by atoms with Gasteiger partial charge in [0.25, 0.3) is 0 Å². The number of ketones is 1. The molecule has 2 nitrogen and oxygen atoms in total. The van der Waals surface area contributed by atoms with Crippen LogP contribution in [0.3, 0.4) is 0 Å². The molecule has 0 radical (unpaired) electrons. The molecule has 1 unspecified atom stereocenters. The molecule has 1 rings (SSSR count). The summed E-state index contributed by atoms with van der Waals surface area (Å²) in [6, 6.07) is 0.677. The first-order valence-corrected chi connectivity index (χ1v) is 6.55. The molecule has 0 aromatic carbocycles. The van der Waals surface area contributed by atoms with Gasteiger partial charge in [0.2, 0.25) is 0 Å². The molecule has 0 N–H and O–H groups in total. The van der Waals surface area contributed by atoms with Gasteiger partial charge in [0.1, 0.15) is 0 Å². The van der Waals surface area contributed by atoms with Crippen molar-refractivity contribution in [2.45, 2.75) is 66.5 Å². The Kier molecular flexibility index (Phi) is 4.17. The molecule has 0 amide bonds. The Hall–Kier alpha value is -0.370. The minimum atomic E-state index is -0.204. The molecule has 1 saturated heterocycles. The summed E-state index contributed by atoms with van der Waals surface area (Å²) in [6.45, 7) is 13.9. The van der Waals surface area contributed by atoms with Gasteiger partial charge in [-0.15, -0.1) is 0 Å². The molecule has 1 heterocycles. The van der Waals surface area contributed by atoms with Crippen molar-refractivity contribution in [1.29, 1.82) is 0 Å². The van der Waals surface area contributed by atoms with Crippen LogP contribution in [0.2, 0.25) is 0 Å². The van der Waals surface area contributed by atoms with Crippen molar-refractivity contribution in [2.75, 3.05) is 6.54 Å². The minimum Gasteiger partial charge on any atom is -0.297 e. The first-order chi connectivity index (χ1) is 7.25. The second-order valence-electron chi connectivity index (χ2n) is 6.49. The second kappa shape index (κ2) is 4.87. The van der Waals surface area contributed by atoms with Crippen molar-refractivity contribution in [2.24, 2.45) is 11.3 Å². The molecule has 0 aromatic heterocycles. The third kappa shape index (κ3) is 2.85. The second-order valence-corrected chi connectivity index (χ2v) is 6.49. The molecule has 1 aliphatic rings. The third-order valence-electron chi connectivity index (χ3n) is 3.82. The summed E-state index contributed by atoms with van der Waals surface area (Å²) in [5, 5.41) is 0. The molecule has 0 saturated carbocycles. The van der Waals surface area contributed by atoms with Gasteiger partial charge in [-0.2, -0.15) is 0 Å². The van der Waals surface area contributed by atoms with Crippen LogP contribution in [0.4, 0.5) is 0 Å². The zero-order valence-corrected chi connectivity index (χ0v) is 11.7. The van der Waals surface area contributed by atoms with Gasteiger partial charge in [-0.25, -0.2) is 0 Å². The van der Waals surface area contributed by atoms with Crippen molar-refractivity contribution in [3.63, 3.8) is 0 Å². The molecule has 94 valence electrons. The van der Waals surface area contributed by atoms with E-state index in [1.807, 2.05) is 20.8 Å². The van der Waals surface area contributed by atoms with Gasteiger partial charge in [0.15, 0.2) is 5.78 Å². The lowest BCUT2D eigenvalue weighted by Gasteiger charge is -2.35. The number of likely N-dealkylation sites (tertiary alicyclic amines) is 1. The van der Waals surface area contributed by atoms with Crippen LogP contribution in [0, 0.1) is 11.3 Å². The molecular weight excluding hydrogens is 198 g/mol. The fourth-order valence-electron chi connectivity index (χ4n) is 2.44. The lowest BCUT2D eigenvalue weighted by Crippen LogP contribution is -2.47. The zero-order chi connectivity index (χ0) is 12.5. The van der Waals surface area contributed by atoms with Crippen LogP contribution < -0.4 is 0 Å². The largest absolute Gasteiger partial charge is 0.297 e. The first-order valence-electron chi connectivity index (χ1n) is 6.55. The van der Waals surface area contributed by atoms with E-state index in [4.69, 9.17) is 0 Å². The number of nitrogens with zero attached hydrogens (tertiary/aromatic N) is 1. The molecule has 1 fully saturated rings. The summed E-state index contributed by atoms with van der Waals surface area (Å²) in [5.74, 6) is 1.03. The summed E-state index contributed by atoms with van der Waals surface area (Å²) in [6.07, 6.45) is 2.22. The average molecular weight is 225 g/mol. The summed E-state index contributed by atoms with van der Waals surface area (Å²) in [5.41, 5.74) is -0.204. The van der Waals surface area contributed by atoms with Crippen LogP contribution in [0.5, 0.6) is 0 Å². The average Bonchev–Trinajstić information content (AvgIpc) is 2.61. The van der Waals surface area contributed by atoms with Gasteiger partial charge < -0.3 is 0 Å². The van der Waals surface area contributed by atoms with E-state index < -0.39 is 0 Å². The summed E-state index contributed by atoms with van der Waals surface area (Å²) in [4.78, 5) is 14.8. The predicted molar refractivity (Wildman–Crippen MR) is 68.5 cm³/mol. The monoisotopic (exact) mass is 225 g/mol. The standard InChI is InChI=1S/C14H27NO/c1-10(2)11(3)15-9-7-8-12(15)13(16)14(4,5)6/h10-12H,7-9H2,1-6H3/t11?,12-/m1/s1. The van der Waals surface area contributed by atoms with Gasteiger partial charge in [-0.1, -0.05) is 34.6 Å². The Morgan fingerprint density at radius 2 is 1.81 bits per heavy atom. The van der Waals surface area contributed by atoms with Crippen LogP contribution in [0.15, 0.2) is 0 Å². The van der Waals surface area contributed by atoms with E-state index in [1.165, 1.54) is 6.42 Å². The third-order valence-corrected chi connectivity index (χ3v) is 3.82. The number of Topliss-reactive ketones (excluding diaryl/α,β-unsaturated/α-hetero) is 1. The molecule has 0 aromatic rings. The van der Waals surface area contributed by atoms with E-state index in [0.717, 1.165) is 13.0 Å². The van der Waals surface area contributed by atoms with Crippen LogP contribution in [-0.4, -0.2) is 29.3 Å². The highest BCUT2D eigenvalue weighted by Gasteiger charge is 2.38. The van der Waals surface area contributed by atoms with Crippen molar-refractivity contribution >= 4 is 5.78 Å². The number of rotatable bonds is 3. The molecule has 16 heavy (non-hydrogen) atoms. The normalized spacial score (nSPS) is 25.1. The highest BCUT2D eigenvalue weighted by atomic mass is 16.1. The Labute approximate surface area is 100 Å². The highest BCUT2D eigenvalue weighted by molar-refractivity contribution is 5.89. The van der Waals surface area contributed by atoms with Gasteiger partial charge in [0.05, 0.1) is 6.04 Å². The van der Waals surface area contributed by atoms with E-state index >= 15 is 0 Å². The molecule has 1 aliphatic heterocycles. The number of hydrogen-bond acceptors (Lipinski definition) is 2. The minimum absolute atomic E-state index is 0.164. The van der Waals surface area contributed by atoms with Crippen LogP contribution in [-0.2, 0) is 4.79 Å². The van der Waals surface area contributed by atoms with E-state index in [2.05, 4.69) is 25.7 Å². The molecule has 0 spiro atoms. The number of hydrogen-bond donors (Lipinski definition) is 0. The van der Waals surface area contributed by atoms with Crippen molar-refractivity contribution in [1.82, 2.24) is 4.90 Å². The van der Waals surface area contributed by atoms with Crippen molar-refractivity contribution in [3.8, 4) is 0 Å². The summed E-state index contributed by atoms with van der Waals surface area (Å²) in [7, 11) is 0. The number of carbonyl (C=O) groups excluding carboxylic acids is 1. The Morgan fingerprint density at radius 3 is 2.25 bits per heavy atom. The maximum atomic E-state index is 12.4.